The number of halogens is 2. The maximum atomic E-state index is 10.4. The number of aromatic nitrogens is 2. The standard InChI is InChI=1S/C15H16Cl2N2O4/c16-9-7-10(14(22)11(17)8-9)15-19-18-12(23-15)5-3-1-2-4-6-13(20)21/h7-8,22H,1-6H2,(H,20,21). The summed E-state index contributed by atoms with van der Waals surface area (Å²) >= 11 is 11.8. The van der Waals surface area contributed by atoms with Gasteiger partial charge in [-0.1, -0.05) is 36.0 Å². The Morgan fingerprint density at radius 2 is 1.87 bits per heavy atom. The van der Waals surface area contributed by atoms with E-state index in [2.05, 4.69) is 10.2 Å². The van der Waals surface area contributed by atoms with Gasteiger partial charge in [-0.3, -0.25) is 4.79 Å². The van der Waals surface area contributed by atoms with E-state index in [1.807, 2.05) is 0 Å². The monoisotopic (exact) mass is 358 g/mol. The summed E-state index contributed by atoms with van der Waals surface area (Å²) < 4.78 is 5.51. The lowest BCUT2D eigenvalue weighted by Crippen LogP contribution is -1.94. The number of hydrogen-bond donors (Lipinski definition) is 2. The minimum Gasteiger partial charge on any atom is -0.506 e. The van der Waals surface area contributed by atoms with Crippen LogP contribution >= 0.6 is 23.2 Å². The van der Waals surface area contributed by atoms with Crippen LogP contribution in [-0.4, -0.2) is 26.4 Å². The molecular weight excluding hydrogens is 343 g/mol. The molecule has 0 saturated carbocycles. The number of rotatable bonds is 8. The largest absolute Gasteiger partial charge is 0.506 e. The molecule has 0 saturated heterocycles. The summed E-state index contributed by atoms with van der Waals surface area (Å²) in [6.45, 7) is 0. The zero-order chi connectivity index (χ0) is 16.8. The normalized spacial score (nSPS) is 10.9. The Morgan fingerprint density at radius 1 is 1.13 bits per heavy atom. The van der Waals surface area contributed by atoms with Crippen molar-refractivity contribution < 1.29 is 19.4 Å². The van der Waals surface area contributed by atoms with Crippen molar-refractivity contribution in [1.82, 2.24) is 10.2 Å². The molecule has 2 N–H and O–H groups in total. The van der Waals surface area contributed by atoms with Gasteiger partial charge >= 0.3 is 5.97 Å². The highest BCUT2D eigenvalue weighted by atomic mass is 35.5. The molecule has 0 amide bonds. The third-order valence-corrected chi connectivity index (χ3v) is 3.76. The van der Waals surface area contributed by atoms with Crippen LogP contribution in [0.5, 0.6) is 5.75 Å². The van der Waals surface area contributed by atoms with Crippen LogP contribution in [-0.2, 0) is 11.2 Å². The van der Waals surface area contributed by atoms with Gasteiger partial charge in [-0.15, -0.1) is 10.2 Å². The molecule has 0 spiro atoms. The van der Waals surface area contributed by atoms with Crippen LogP contribution in [0.1, 0.15) is 38.0 Å². The number of phenols is 1. The van der Waals surface area contributed by atoms with Crippen LogP contribution in [0.3, 0.4) is 0 Å². The maximum absolute atomic E-state index is 10.4. The third-order valence-electron chi connectivity index (χ3n) is 3.26. The predicted molar refractivity (Wildman–Crippen MR) is 85.8 cm³/mol. The Labute approximate surface area is 143 Å². The first-order valence-electron chi connectivity index (χ1n) is 7.20. The van der Waals surface area contributed by atoms with Gasteiger partial charge in [-0.2, -0.15) is 0 Å². The summed E-state index contributed by atoms with van der Waals surface area (Å²) in [5.74, 6) is -0.312. The molecule has 1 aromatic carbocycles. The van der Waals surface area contributed by atoms with Gasteiger partial charge in [0.1, 0.15) is 5.75 Å². The first-order valence-corrected chi connectivity index (χ1v) is 7.95. The number of carboxylic acid groups (broad SMARTS) is 1. The molecule has 0 radical (unpaired) electrons. The van der Waals surface area contributed by atoms with Gasteiger partial charge in [0, 0.05) is 17.9 Å². The van der Waals surface area contributed by atoms with Gasteiger partial charge in [-0.25, -0.2) is 0 Å². The highest BCUT2D eigenvalue weighted by Crippen LogP contribution is 2.37. The molecule has 2 rings (SSSR count). The van der Waals surface area contributed by atoms with Crippen LogP contribution in [0.25, 0.3) is 11.5 Å². The Balaban J connectivity index is 1.90. The van der Waals surface area contributed by atoms with Crippen LogP contribution < -0.4 is 0 Å². The van der Waals surface area contributed by atoms with Crippen molar-refractivity contribution in [3.05, 3.63) is 28.1 Å². The molecule has 1 heterocycles. The SMILES string of the molecule is O=C(O)CCCCCCc1nnc(-c2cc(Cl)cc(Cl)c2O)o1. The molecule has 0 bridgehead atoms. The lowest BCUT2D eigenvalue weighted by Gasteiger charge is -2.02. The second-order valence-electron chi connectivity index (χ2n) is 5.09. The predicted octanol–water partition coefficient (Wildman–Crippen LogP) is 4.33. The van der Waals surface area contributed by atoms with Crippen LogP contribution in [0.15, 0.2) is 16.5 Å². The number of carboxylic acids is 1. The van der Waals surface area contributed by atoms with Crippen molar-refractivity contribution in [2.75, 3.05) is 0 Å². The van der Waals surface area contributed by atoms with E-state index >= 15 is 0 Å². The molecule has 0 fully saturated rings. The van der Waals surface area contributed by atoms with E-state index in [1.165, 1.54) is 12.1 Å². The number of hydrogen-bond acceptors (Lipinski definition) is 5. The first kappa shape index (κ1) is 17.6. The van der Waals surface area contributed by atoms with Crippen LogP contribution in [0.2, 0.25) is 10.0 Å². The fourth-order valence-electron chi connectivity index (χ4n) is 2.10. The summed E-state index contributed by atoms with van der Waals surface area (Å²) in [5.41, 5.74) is 0.294. The molecule has 1 aromatic heterocycles. The molecule has 0 aliphatic rings. The summed E-state index contributed by atoms with van der Waals surface area (Å²) in [4.78, 5) is 10.4. The van der Waals surface area contributed by atoms with Crippen LogP contribution in [0.4, 0.5) is 0 Å². The van der Waals surface area contributed by atoms with Crippen molar-refractivity contribution in [1.29, 1.82) is 0 Å². The maximum Gasteiger partial charge on any atom is 0.303 e. The van der Waals surface area contributed by atoms with Gasteiger partial charge in [0.05, 0.1) is 10.6 Å². The van der Waals surface area contributed by atoms with Crippen molar-refractivity contribution >= 4 is 29.2 Å². The average molecular weight is 359 g/mol. The number of aryl methyl sites for hydroxylation is 1. The van der Waals surface area contributed by atoms with Crippen LogP contribution in [0, 0.1) is 0 Å². The number of unbranched alkanes of at least 4 members (excludes halogenated alkanes) is 3. The summed E-state index contributed by atoms with van der Waals surface area (Å²) in [7, 11) is 0. The van der Waals surface area contributed by atoms with E-state index in [4.69, 9.17) is 32.7 Å². The molecule has 8 heteroatoms. The van der Waals surface area contributed by atoms with Crippen molar-refractivity contribution in [2.45, 2.75) is 38.5 Å². The van der Waals surface area contributed by atoms with E-state index in [9.17, 15) is 9.90 Å². The number of phenolic OH excluding ortho intramolecular Hbond substituents is 1. The van der Waals surface area contributed by atoms with E-state index in [1.54, 1.807) is 0 Å². The van der Waals surface area contributed by atoms with E-state index in [0.29, 0.717) is 29.3 Å². The molecule has 0 aliphatic carbocycles. The van der Waals surface area contributed by atoms with E-state index in [0.717, 1.165) is 19.3 Å². The topological polar surface area (TPSA) is 96.5 Å². The lowest BCUT2D eigenvalue weighted by atomic mass is 10.1. The molecular formula is C15H16Cl2N2O4. The van der Waals surface area contributed by atoms with Crippen molar-refractivity contribution in [3.8, 4) is 17.2 Å². The molecule has 23 heavy (non-hydrogen) atoms. The number of aromatic hydroxyl groups is 1. The average Bonchev–Trinajstić information content (AvgIpc) is 2.95. The fraction of sp³-hybridized carbons (Fsp3) is 0.400. The van der Waals surface area contributed by atoms with Gasteiger partial charge in [-0.05, 0) is 25.0 Å². The third kappa shape index (κ3) is 5.11. The molecule has 0 aliphatic heterocycles. The zero-order valence-corrected chi connectivity index (χ0v) is 13.8. The number of benzene rings is 1. The zero-order valence-electron chi connectivity index (χ0n) is 12.3. The van der Waals surface area contributed by atoms with Crippen molar-refractivity contribution in [2.24, 2.45) is 0 Å². The van der Waals surface area contributed by atoms with Gasteiger partial charge in [0.15, 0.2) is 0 Å². The first-order chi connectivity index (χ1) is 11.0. The van der Waals surface area contributed by atoms with Gasteiger partial charge in [0.2, 0.25) is 5.89 Å². The number of aliphatic carboxylic acids is 1. The highest BCUT2D eigenvalue weighted by molar-refractivity contribution is 6.36. The lowest BCUT2D eigenvalue weighted by molar-refractivity contribution is -0.137. The fourth-order valence-corrected chi connectivity index (χ4v) is 2.59. The number of nitrogens with zero attached hydrogens (tertiary/aromatic N) is 2. The van der Waals surface area contributed by atoms with Gasteiger partial charge < -0.3 is 14.6 Å². The Kier molecular flexibility index (Phi) is 6.24. The Hall–Kier alpha value is -1.79. The quantitative estimate of drug-likeness (QED) is 0.681. The van der Waals surface area contributed by atoms with Gasteiger partial charge in [0.25, 0.3) is 5.89 Å². The smallest absolute Gasteiger partial charge is 0.303 e. The molecule has 2 aromatic rings. The van der Waals surface area contributed by atoms with E-state index < -0.39 is 5.97 Å². The minimum atomic E-state index is -0.772. The summed E-state index contributed by atoms with van der Waals surface area (Å²) in [6, 6.07) is 2.93. The molecule has 6 nitrogen and oxygen atoms in total. The molecule has 124 valence electrons. The second kappa shape index (κ2) is 8.17. The molecule has 0 atom stereocenters. The Bertz CT molecular complexity index is 688. The molecule has 0 unspecified atom stereocenters. The van der Waals surface area contributed by atoms with E-state index in [-0.39, 0.29) is 23.1 Å². The summed E-state index contributed by atoms with van der Waals surface area (Å²) in [6.07, 6.45) is 4.01. The second-order valence-corrected chi connectivity index (χ2v) is 5.94. The Morgan fingerprint density at radius 3 is 2.61 bits per heavy atom. The highest BCUT2D eigenvalue weighted by Gasteiger charge is 2.16. The van der Waals surface area contributed by atoms with Crippen molar-refractivity contribution in [3.63, 3.8) is 0 Å². The summed E-state index contributed by atoms with van der Waals surface area (Å²) in [5, 5.41) is 26.8. The minimum absolute atomic E-state index is 0.116. The number of carbonyl (C=O) groups is 1.